The zero-order valence-corrected chi connectivity index (χ0v) is 77.4. The first-order valence-corrected chi connectivity index (χ1v) is 44.4. The van der Waals surface area contributed by atoms with Crippen LogP contribution in [0, 0.1) is 0 Å². The summed E-state index contributed by atoms with van der Waals surface area (Å²) in [7, 11) is 0. The van der Waals surface area contributed by atoms with Crippen LogP contribution in [0.25, 0.3) is 132 Å². The van der Waals surface area contributed by atoms with Gasteiger partial charge in [0.1, 0.15) is 46.0 Å². The Hall–Kier alpha value is -12.8. The minimum Gasteiger partial charge on any atom is -0.657 e. The van der Waals surface area contributed by atoms with E-state index in [-0.39, 0.29) is 224 Å². The maximum absolute atomic E-state index is 12.7. The van der Waals surface area contributed by atoms with Gasteiger partial charge in [-0.25, -0.2) is 9.97 Å². The molecule has 0 saturated heterocycles. The fourth-order valence-corrected chi connectivity index (χ4v) is 15.5. The Morgan fingerprint density at radius 1 is 0.217 bits per heavy atom. The van der Waals surface area contributed by atoms with Crippen molar-refractivity contribution in [1.82, 2.24) is 19.9 Å². The van der Waals surface area contributed by atoms with Crippen molar-refractivity contribution in [3.63, 3.8) is 0 Å². The number of rotatable bonds is 48. The molecule has 8 aromatic carbocycles. The Morgan fingerprint density at radius 3 is 0.512 bits per heavy atom. The summed E-state index contributed by atoms with van der Waals surface area (Å²) in [5.74, 6) is 1.05. The van der Waals surface area contributed by atoms with Gasteiger partial charge in [0, 0.05) is 117 Å². The molecule has 129 heavy (non-hydrogen) atoms. The van der Waals surface area contributed by atoms with Crippen LogP contribution in [0.4, 0.5) is 0 Å². The van der Waals surface area contributed by atoms with Crippen molar-refractivity contribution in [2.45, 2.75) is 158 Å². The van der Waals surface area contributed by atoms with Gasteiger partial charge in [-0.15, -0.1) is 22.1 Å². The third-order valence-corrected chi connectivity index (χ3v) is 21.3. The zero-order valence-electron chi connectivity index (χ0n) is 74.5. The van der Waals surface area contributed by atoms with E-state index in [2.05, 4.69) is 0 Å². The molecule has 5 heterocycles. The van der Waals surface area contributed by atoms with E-state index in [9.17, 15) is 38.4 Å². The van der Waals surface area contributed by atoms with Crippen LogP contribution in [0.3, 0.4) is 0 Å². The molecule has 13 rings (SSSR count). The van der Waals surface area contributed by atoms with Crippen LogP contribution in [0.1, 0.15) is 158 Å². The number of hydrogen-bond donors (Lipinski definition) is 0. The Kier molecular flexibility index (Phi) is 34.6. The molecule has 28 nitrogen and oxygen atoms in total. The molecule has 0 radical (unpaired) electrons. The summed E-state index contributed by atoms with van der Waals surface area (Å²) in [6.45, 7) is 17.2. The van der Waals surface area contributed by atoms with Crippen LogP contribution in [0.15, 0.2) is 121 Å². The molecule has 0 unspecified atom stereocenters. The van der Waals surface area contributed by atoms with Gasteiger partial charge in [0.05, 0.1) is 128 Å². The third kappa shape index (κ3) is 24.2. The van der Waals surface area contributed by atoms with Crippen LogP contribution in [0.2, 0.25) is 0 Å². The first kappa shape index (κ1) is 95.3. The molecule has 0 saturated carbocycles. The van der Waals surface area contributed by atoms with Crippen LogP contribution >= 0.6 is 0 Å². The number of carbonyl (C=O) groups is 8. The fourth-order valence-electron chi connectivity index (χ4n) is 15.5. The number of esters is 8. The van der Waals surface area contributed by atoms with Crippen LogP contribution in [-0.4, -0.2) is 163 Å². The molecule has 0 atom stereocenters. The average molecular weight is 1820 g/mol. The van der Waals surface area contributed by atoms with Gasteiger partial charge in [-0.2, -0.15) is 0 Å². The van der Waals surface area contributed by atoms with E-state index in [1.807, 2.05) is 121 Å². The predicted octanol–water partition coefficient (Wildman–Crippen LogP) is 18.9. The normalized spacial score (nSPS) is 11.3. The molecule has 0 spiro atoms. The first-order chi connectivity index (χ1) is 62.4. The van der Waals surface area contributed by atoms with E-state index in [1.165, 1.54) is 0 Å². The second kappa shape index (κ2) is 46.8. The second-order valence-electron chi connectivity index (χ2n) is 30.2. The molecule has 2 aliphatic heterocycles. The molecule has 674 valence electrons. The first-order valence-electron chi connectivity index (χ1n) is 44.4. The smallest absolute Gasteiger partial charge is 0.657 e. The van der Waals surface area contributed by atoms with Crippen LogP contribution in [0.5, 0.6) is 46.0 Å². The van der Waals surface area contributed by atoms with Gasteiger partial charge in [-0.05, 0) is 250 Å². The summed E-state index contributed by atoms with van der Waals surface area (Å²) in [6, 6.07) is 38.4. The van der Waals surface area contributed by atoms with Crippen molar-refractivity contribution in [3.8, 4) is 91.0 Å². The van der Waals surface area contributed by atoms with Gasteiger partial charge in [-0.3, -0.25) is 38.4 Å². The predicted molar refractivity (Wildman–Crippen MR) is 484 cm³/mol. The summed E-state index contributed by atoms with van der Waals surface area (Å²) in [5.41, 5.74) is 6.46. The standard InChI is InChI=1S/C100H108N4O24.Zn/c1-9-113-93(105)25-17-41-121-85-33-34-86(122-42-18-26-94(106)114-10-2)70-50-62-61(49-69(70)85)77-57-79-63-51-71-72(88(124-44-20-28-96(108)116-12-4)36-35-87(71)123-43-19-27-95(107)115-11-3)52-64(63)81(102-79)59-83-67-55-75-76(92(128-48-24-32-100(112)120-16-8)40-39-91(75)127-47-23-31-99(111)119-15-7)56-68(67)84(104-83)60-82-66-54-74-73(53-65(66)80(103-82)58-78(62)101-77)89(125-45-21-29-97(109)117-13-5)37-38-90(74)126-46-22-30-98(110)118-14-6;/h33-40,49-60H,9-32,41-48H2,1-8H3;/q-2;+2. The summed E-state index contributed by atoms with van der Waals surface area (Å²) < 4.78 is 95.6. The summed E-state index contributed by atoms with van der Waals surface area (Å²) in [6.07, 6.45) is 3.76. The van der Waals surface area contributed by atoms with E-state index in [0.717, 1.165) is 0 Å². The molecule has 3 aromatic heterocycles. The maximum atomic E-state index is 12.7. The third-order valence-electron chi connectivity index (χ3n) is 21.3. The molecule has 0 fully saturated rings. The van der Waals surface area contributed by atoms with Gasteiger partial charge in [0.25, 0.3) is 0 Å². The average Bonchev–Trinajstić information content (AvgIpc) is 1.57. The van der Waals surface area contributed by atoms with Crippen LogP contribution in [-0.2, 0) is 95.7 Å². The molecule has 29 heteroatoms. The van der Waals surface area contributed by atoms with Gasteiger partial charge in [-0.1, -0.05) is 0 Å². The molecule has 0 N–H and O–H groups in total. The molecule has 0 amide bonds. The van der Waals surface area contributed by atoms with Crippen molar-refractivity contribution in [3.05, 3.63) is 121 Å². The van der Waals surface area contributed by atoms with Crippen molar-refractivity contribution in [2.75, 3.05) is 106 Å². The Bertz CT molecular complexity index is 5380. The van der Waals surface area contributed by atoms with Crippen LogP contribution < -0.4 is 47.9 Å². The molecule has 0 aliphatic carbocycles. The Morgan fingerprint density at radius 2 is 0.364 bits per heavy atom. The van der Waals surface area contributed by atoms with Gasteiger partial charge in [0.2, 0.25) is 0 Å². The zero-order chi connectivity index (χ0) is 90.0. The Balaban J connectivity index is 0.0000151. The SMILES string of the molecule is CCOC(=O)CCCOc1ccc(OCCCC(=O)OCC)c2cc3c(cc12)-c1cc2[n-]c(cc4nc(cc5[n-]c(cc-3n1)c1cc3c(OCCCC(=O)OCC)ccc(OCCCC(=O)OCC)c3cc51)-c1cc3c(OCCCC(=O)OCC)ccc(OCCCC(=O)OCC)c3cc1-4)c1cc3c(OCCCC(=O)OCC)ccc(OCCCC(=O)OCC)c3cc21.[Zn+2]. The molecule has 11 aromatic rings. The van der Waals surface area contributed by atoms with Gasteiger partial charge < -0.3 is 85.8 Å². The maximum Gasteiger partial charge on any atom is 2.00 e. The molecule has 2 aliphatic rings. The Labute approximate surface area is 759 Å². The topological polar surface area (TPSA) is 338 Å². The number of hydrogen-bond acceptors (Lipinski definition) is 26. The van der Waals surface area contributed by atoms with E-state index >= 15 is 0 Å². The number of ether oxygens (including phenoxy) is 16. The molecular weight excluding hydrogens is 1710 g/mol. The minimum absolute atomic E-state index is 0. The van der Waals surface area contributed by atoms with Crippen molar-refractivity contribution < 1.29 is 134 Å². The summed E-state index contributed by atoms with van der Waals surface area (Å²) in [5, 5.41) is 7.75. The fraction of sp³-hybridized carbons (Fsp3) is 0.400. The van der Waals surface area contributed by atoms with E-state index in [4.69, 9.17) is 95.7 Å². The number of benzene rings is 8. The van der Waals surface area contributed by atoms with Crippen molar-refractivity contribution >= 4 is 134 Å². The minimum atomic E-state index is -0.350. The molecule has 8 bridgehead atoms. The quantitative estimate of drug-likeness (QED) is 0.0148. The van der Waals surface area contributed by atoms with E-state index in [0.29, 0.717) is 229 Å². The monoisotopic (exact) mass is 1810 g/mol. The summed E-state index contributed by atoms with van der Waals surface area (Å²) in [4.78, 5) is 124. The number of fused-ring (bicyclic) bond motifs is 24. The van der Waals surface area contributed by atoms with Crippen molar-refractivity contribution in [1.29, 1.82) is 0 Å². The number of aromatic nitrogens is 4. The number of nitrogens with zero attached hydrogens (tertiary/aromatic N) is 4. The van der Waals surface area contributed by atoms with E-state index < -0.39 is 0 Å². The number of carbonyl (C=O) groups excluding carboxylic acids is 8. The second-order valence-corrected chi connectivity index (χ2v) is 30.2. The summed E-state index contributed by atoms with van der Waals surface area (Å²) >= 11 is 0. The van der Waals surface area contributed by atoms with Gasteiger partial charge >= 0.3 is 67.2 Å². The molecular formula is C100H108N4O24Zn. The largest absolute Gasteiger partial charge is 2.00 e. The van der Waals surface area contributed by atoms with E-state index in [1.54, 1.807) is 55.4 Å². The van der Waals surface area contributed by atoms with Crippen molar-refractivity contribution in [2.24, 2.45) is 0 Å². The van der Waals surface area contributed by atoms with Gasteiger partial charge in [0.15, 0.2) is 0 Å².